The molecule has 0 aliphatic heterocycles. The van der Waals surface area contributed by atoms with E-state index in [1.807, 2.05) is 13.8 Å². The van der Waals surface area contributed by atoms with E-state index in [4.69, 9.17) is 14.2 Å². The van der Waals surface area contributed by atoms with Crippen LogP contribution in [0, 0.1) is 5.92 Å². The van der Waals surface area contributed by atoms with E-state index in [1.165, 1.54) is 0 Å². The number of nitrogens with one attached hydrogen (secondary N) is 1. The van der Waals surface area contributed by atoms with Gasteiger partial charge in [-0.25, -0.2) is 14.4 Å². The first-order valence-electron chi connectivity index (χ1n) is 10.0. The topological polar surface area (TPSA) is 111 Å². The van der Waals surface area contributed by atoms with Crippen molar-refractivity contribution in [3.05, 3.63) is 0 Å². The van der Waals surface area contributed by atoms with Gasteiger partial charge in [0.2, 0.25) is 0 Å². The van der Waals surface area contributed by atoms with Crippen molar-refractivity contribution in [2.24, 2.45) is 5.92 Å². The molecule has 0 aliphatic rings. The summed E-state index contributed by atoms with van der Waals surface area (Å²) in [4.78, 5) is 51.3. The summed E-state index contributed by atoms with van der Waals surface area (Å²) < 4.78 is 15.8. The van der Waals surface area contributed by atoms with E-state index in [1.54, 1.807) is 62.3 Å². The van der Waals surface area contributed by atoms with Gasteiger partial charge in [-0.05, 0) is 74.7 Å². The van der Waals surface area contributed by atoms with Crippen LogP contribution in [0.4, 0.5) is 14.4 Å². The van der Waals surface area contributed by atoms with Crippen LogP contribution in [0.2, 0.25) is 0 Å². The highest BCUT2D eigenvalue weighted by Gasteiger charge is 2.41. The summed E-state index contributed by atoms with van der Waals surface area (Å²) in [5.41, 5.74) is -2.66. The van der Waals surface area contributed by atoms with Gasteiger partial charge in [-0.1, -0.05) is 13.8 Å². The highest BCUT2D eigenvalue weighted by atomic mass is 16.6. The highest BCUT2D eigenvalue weighted by molar-refractivity contribution is 6.00. The normalized spacial score (nSPS) is 13.3. The minimum atomic E-state index is -1.33. The third-order valence-corrected chi connectivity index (χ3v) is 3.11. The van der Waals surface area contributed by atoms with Crippen molar-refractivity contribution in [2.75, 3.05) is 0 Å². The van der Waals surface area contributed by atoms with Gasteiger partial charge >= 0.3 is 18.3 Å². The van der Waals surface area contributed by atoms with Gasteiger partial charge in [0.25, 0.3) is 5.91 Å². The molecule has 0 rings (SSSR count). The van der Waals surface area contributed by atoms with Gasteiger partial charge in [-0.15, -0.1) is 0 Å². The van der Waals surface area contributed by atoms with Crippen LogP contribution < -0.4 is 5.32 Å². The van der Waals surface area contributed by atoms with Gasteiger partial charge < -0.3 is 14.2 Å². The molecule has 0 aromatic heterocycles. The van der Waals surface area contributed by atoms with Crippen LogP contribution in [0.15, 0.2) is 0 Å². The first-order chi connectivity index (χ1) is 13.2. The molecule has 1 atom stereocenters. The molecule has 0 saturated carbocycles. The molecule has 4 amide bonds. The number of carbonyl (C=O) groups excluding carboxylic acids is 4. The molecule has 0 heterocycles. The number of rotatable bonds is 4. The number of imide groups is 2. The fourth-order valence-electron chi connectivity index (χ4n) is 2.21. The second-order valence-electron chi connectivity index (χ2n) is 10.5. The molecule has 0 spiro atoms. The van der Waals surface area contributed by atoms with Gasteiger partial charge in [0.15, 0.2) is 0 Å². The lowest BCUT2D eigenvalue weighted by atomic mass is 10.0. The van der Waals surface area contributed by atoms with E-state index >= 15 is 0 Å². The van der Waals surface area contributed by atoms with E-state index in [0.29, 0.717) is 4.90 Å². The molecular weight excluding hydrogens is 392 g/mol. The Morgan fingerprint density at radius 2 is 1.10 bits per heavy atom. The predicted octanol–water partition coefficient (Wildman–Crippen LogP) is 4.62. The molecule has 0 radical (unpaired) electrons. The largest absolute Gasteiger partial charge is 0.444 e. The maximum absolute atomic E-state index is 12.9. The number of alkyl carbamates (subject to hydrolysis) is 1. The Morgan fingerprint density at radius 1 is 0.733 bits per heavy atom. The van der Waals surface area contributed by atoms with Gasteiger partial charge in [-0.2, -0.15) is 4.90 Å². The Bertz CT molecular complexity index is 609. The van der Waals surface area contributed by atoms with Crippen molar-refractivity contribution < 1.29 is 33.4 Å². The monoisotopic (exact) mass is 430 g/mol. The van der Waals surface area contributed by atoms with Crippen molar-refractivity contribution in [3.8, 4) is 0 Å². The molecule has 9 nitrogen and oxygen atoms in total. The third kappa shape index (κ3) is 11.6. The molecule has 9 heteroatoms. The number of nitrogens with zero attached hydrogens (tertiary/aromatic N) is 1. The van der Waals surface area contributed by atoms with Crippen molar-refractivity contribution in [1.29, 1.82) is 0 Å². The quantitative estimate of drug-likeness (QED) is 0.647. The first-order valence-corrected chi connectivity index (χ1v) is 10.0. The number of hydrogen-bond acceptors (Lipinski definition) is 7. The molecule has 0 saturated heterocycles. The molecule has 0 aromatic rings. The third-order valence-electron chi connectivity index (χ3n) is 3.11. The Balaban J connectivity index is 5.97. The number of carbonyl (C=O) groups is 4. The van der Waals surface area contributed by atoms with E-state index in [-0.39, 0.29) is 12.3 Å². The fourth-order valence-corrected chi connectivity index (χ4v) is 2.21. The zero-order valence-electron chi connectivity index (χ0n) is 20.2. The smallest absolute Gasteiger partial charge is 0.420 e. The van der Waals surface area contributed by atoms with Gasteiger partial charge in [0.1, 0.15) is 22.8 Å². The Labute approximate surface area is 179 Å². The van der Waals surface area contributed by atoms with E-state index in [2.05, 4.69) is 5.32 Å². The lowest BCUT2D eigenvalue weighted by Gasteiger charge is -2.33. The van der Waals surface area contributed by atoms with Crippen LogP contribution in [0.25, 0.3) is 0 Å². The maximum Gasteiger partial charge on any atom is 0.420 e. The van der Waals surface area contributed by atoms with Gasteiger partial charge in [0.05, 0.1) is 0 Å². The average Bonchev–Trinajstić information content (AvgIpc) is 2.39. The molecule has 0 bridgehead atoms. The molecule has 0 aliphatic carbocycles. The maximum atomic E-state index is 12.9. The van der Waals surface area contributed by atoms with Crippen LogP contribution in [-0.4, -0.2) is 51.9 Å². The minimum Gasteiger partial charge on any atom is -0.444 e. The summed E-state index contributed by atoms with van der Waals surface area (Å²) in [5, 5.41) is 2.10. The number of amides is 4. The van der Waals surface area contributed by atoms with E-state index < -0.39 is 47.0 Å². The lowest BCUT2D eigenvalue weighted by molar-refractivity contribution is -0.126. The molecule has 0 fully saturated rings. The zero-order valence-corrected chi connectivity index (χ0v) is 20.2. The predicted molar refractivity (Wildman–Crippen MR) is 112 cm³/mol. The zero-order chi connectivity index (χ0) is 24.1. The summed E-state index contributed by atoms with van der Waals surface area (Å²) in [6, 6.07) is -1.33. The van der Waals surface area contributed by atoms with Crippen molar-refractivity contribution in [3.63, 3.8) is 0 Å². The first kappa shape index (κ1) is 27.7. The summed E-state index contributed by atoms with van der Waals surface area (Å²) in [7, 11) is 0. The second kappa shape index (κ2) is 10.1. The van der Waals surface area contributed by atoms with Crippen LogP contribution >= 0.6 is 0 Å². The van der Waals surface area contributed by atoms with Crippen molar-refractivity contribution in [2.45, 2.75) is 105 Å². The molecular formula is C21H38N2O7. The summed E-state index contributed by atoms with van der Waals surface area (Å²) in [5.74, 6) is -0.957. The SMILES string of the molecule is CC(C)C[C@@H](C(=O)NC(=O)OC(C)(C)C)N(C(=O)OC(C)(C)C)C(=O)OC(C)(C)C. The number of ether oxygens (including phenoxy) is 3. The van der Waals surface area contributed by atoms with Crippen LogP contribution in [0.1, 0.15) is 82.6 Å². The summed E-state index contributed by atoms with van der Waals surface area (Å²) in [6.45, 7) is 18.4. The molecule has 0 aromatic carbocycles. The Kier molecular flexibility index (Phi) is 9.34. The Morgan fingerprint density at radius 3 is 1.40 bits per heavy atom. The fraction of sp³-hybridized carbons (Fsp3) is 0.810. The average molecular weight is 431 g/mol. The second-order valence-corrected chi connectivity index (χ2v) is 10.5. The molecule has 0 unspecified atom stereocenters. The van der Waals surface area contributed by atoms with E-state index in [9.17, 15) is 19.2 Å². The van der Waals surface area contributed by atoms with Crippen molar-refractivity contribution >= 4 is 24.2 Å². The van der Waals surface area contributed by atoms with Gasteiger partial charge in [0, 0.05) is 0 Å². The highest BCUT2D eigenvalue weighted by Crippen LogP contribution is 2.21. The number of hydrogen-bond donors (Lipinski definition) is 1. The Hall–Kier alpha value is -2.32. The minimum absolute atomic E-state index is 0.0904. The standard InChI is InChI=1S/C21H38N2O7/c1-13(2)12-14(15(24)22-16(25)28-19(3,4)5)23(17(26)29-20(6,7)8)18(27)30-21(9,10)11/h13-14H,12H2,1-11H3,(H,22,24,25)/t14-/m0/s1. The van der Waals surface area contributed by atoms with Crippen LogP contribution in [0.5, 0.6) is 0 Å². The van der Waals surface area contributed by atoms with Gasteiger partial charge in [-0.3, -0.25) is 10.1 Å². The van der Waals surface area contributed by atoms with E-state index in [0.717, 1.165) is 0 Å². The molecule has 30 heavy (non-hydrogen) atoms. The lowest BCUT2D eigenvalue weighted by Crippen LogP contribution is -2.56. The summed E-state index contributed by atoms with van der Waals surface area (Å²) in [6.07, 6.45) is -2.97. The van der Waals surface area contributed by atoms with Crippen LogP contribution in [0.3, 0.4) is 0 Å². The molecule has 174 valence electrons. The van der Waals surface area contributed by atoms with Crippen molar-refractivity contribution in [1.82, 2.24) is 10.2 Å². The molecule has 1 N–H and O–H groups in total. The summed E-state index contributed by atoms with van der Waals surface area (Å²) >= 11 is 0. The van der Waals surface area contributed by atoms with Crippen LogP contribution in [-0.2, 0) is 19.0 Å².